The topological polar surface area (TPSA) is 86.2 Å². The molecule has 0 radical (unpaired) electrons. The summed E-state index contributed by atoms with van der Waals surface area (Å²) < 4.78 is 8.55. The second-order valence-electron chi connectivity index (χ2n) is 0.447. The van der Waals surface area contributed by atoms with E-state index >= 15 is 0 Å². The molecule has 4 nitrogen and oxygen atoms in total. The monoisotopic (exact) mass is 309 g/mol. The van der Waals surface area contributed by atoms with Crippen molar-refractivity contribution in [1.29, 1.82) is 0 Å². The van der Waals surface area contributed by atoms with Gasteiger partial charge in [-0.1, -0.05) is 0 Å². The molecule has 0 saturated carbocycles. The molecule has 0 atom stereocenters. The van der Waals surface area contributed by atoms with E-state index in [-0.39, 0.29) is 44.8 Å². The first-order valence-corrected chi connectivity index (χ1v) is 2.19. The second kappa shape index (κ2) is 5.72. The predicted octanol–water partition coefficient (Wildman–Crippen LogP) is -2.83. The van der Waals surface area contributed by atoms with Gasteiger partial charge < -0.3 is 19.2 Å². The van der Waals surface area contributed by atoms with Gasteiger partial charge in [-0.3, -0.25) is 0 Å². The first kappa shape index (κ1) is 15.8. The Morgan fingerprint density at radius 2 is 1.00 bits per heavy atom. The van der Waals surface area contributed by atoms with Crippen LogP contribution in [0.1, 0.15) is 0 Å². The van der Waals surface area contributed by atoms with Gasteiger partial charge in [0.2, 0.25) is 0 Å². The Morgan fingerprint density at radius 3 is 1.00 bits per heavy atom. The second-order valence-corrected chi connectivity index (χ2v) is 1.34. The van der Waals surface area contributed by atoms with E-state index in [1.165, 1.54) is 0 Å². The molecular weight excluding hydrogens is 311 g/mol. The molecule has 52 valence electrons. The van der Waals surface area contributed by atoms with Crippen molar-refractivity contribution in [2.24, 2.45) is 0 Å². The molecule has 0 N–H and O–H groups in total. The molecule has 0 aromatic heterocycles. The van der Waals surface area contributed by atoms with Gasteiger partial charge in [-0.15, -0.1) is 0 Å². The van der Waals surface area contributed by atoms with Crippen LogP contribution in [0.5, 0.6) is 0 Å². The molecule has 7 heavy (non-hydrogen) atoms. The van der Waals surface area contributed by atoms with Crippen LogP contribution in [0.3, 0.4) is 0 Å². The predicted molar refractivity (Wildman–Crippen MR) is 7.61 cm³/mol. The molecule has 0 spiro atoms. The van der Waals surface area contributed by atoms with Gasteiger partial charge in [0, 0.05) is 0 Å². The van der Waals surface area contributed by atoms with E-state index < -0.39 is 7.82 Å². The Hall–Kier alpha value is 1.59. The van der Waals surface area contributed by atoms with Gasteiger partial charge in [0.15, 0.2) is 0 Å². The first-order chi connectivity index (χ1) is 2.00. The van der Waals surface area contributed by atoms with Gasteiger partial charge in [-0.25, -0.2) is 0 Å². The van der Waals surface area contributed by atoms with Crippen LogP contribution in [0.4, 0.5) is 0 Å². The van der Waals surface area contributed by atoms with E-state index in [0.717, 1.165) is 0 Å². The minimum atomic E-state index is -5.39. The molecule has 0 heterocycles. The van der Waals surface area contributed by atoms with Gasteiger partial charge in [0.1, 0.15) is 0 Å². The molecule has 0 fully saturated rings. The van der Waals surface area contributed by atoms with Crippen LogP contribution < -0.4 is 14.7 Å². The SMILES string of the molecule is O=P([O-])([O-])[O-].[Ag+].[Ag+]. The van der Waals surface area contributed by atoms with Gasteiger partial charge in [-0.05, 0) is 0 Å². The summed E-state index contributed by atoms with van der Waals surface area (Å²) in [6.45, 7) is 0. The van der Waals surface area contributed by atoms with Crippen LogP contribution in [-0.2, 0) is 49.3 Å². The number of hydrogen-bond acceptors (Lipinski definition) is 4. The van der Waals surface area contributed by atoms with Crippen LogP contribution in [0.2, 0.25) is 0 Å². The third-order valence-electron chi connectivity index (χ3n) is 0. The maximum absolute atomic E-state index is 8.55. The fourth-order valence-corrected chi connectivity index (χ4v) is 0. The van der Waals surface area contributed by atoms with Crippen molar-refractivity contribution in [2.45, 2.75) is 0 Å². The van der Waals surface area contributed by atoms with Crippen molar-refractivity contribution in [3.05, 3.63) is 0 Å². The Morgan fingerprint density at radius 1 is 1.00 bits per heavy atom. The first-order valence-electron chi connectivity index (χ1n) is 0.730. The molecule has 0 aliphatic rings. The normalized spacial score (nSPS) is 8.43. The Kier molecular flexibility index (Phi) is 12.9. The number of phosphoric acid groups is 1. The van der Waals surface area contributed by atoms with Crippen molar-refractivity contribution in [1.82, 2.24) is 0 Å². The molecule has 0 amide bonds. The number of hydrogen-bond donors (Lipinski definition) is 0. The Bertz CT molecular complexity index is 55.8. The van der Waals surface area contributed by atoms with Gasteiger partial charge in [0.25, 0.3) is 0 Å². The summed E-state index contributed by atoms with van der Waals surface area (Å²) in [5.74, 6) is 0. The van der Waals surface area contributed by atoms with E-state index in [0.29, 0.717) is 0 Å². The average molecular weight is 311 g/mol. The zero-order chi connectivity index (χ0) is 4.50. The van der Waals surface area contributed by atoms with Crippen molar-refractivity contribution in [3.8, 4) is 0 Å². The van der Waals surface area contributed by atoms with E-state index in [4.69, 9.17) is 19.2 Å². The van der Waals surface area contributed by atoms with Gasteiger partial charge in [-0.2, -0.15) is 7.82 Å². The zero-order valence-electron chi connectivity index (χ0n) is 2.68. The standard InChI is InChI=1S/2Ag.H3O4P/c;;1-5(2,3)4/h;;(H3,1,2,3,4)/q2*+1;/p-3. The van der Waals surface area contributed by atoms with Crippen LogP contribution in [0, 0.1) is 0 Å². The summed E-state index contributed by atoms with van der Waals surface area (Å²) in [6.07, 6.45) is 0. The van der Waals surface area contributed by atoms with Gasteiger partial charge >= 0.3 is 44.8 Å². The van der Waals surface area contributed by atoms with Crippen LogP contribution in [0.25, 0.3) is 0 Å². The molecule has 0 aliphatic heterocycles. The van der Waals surface area contributed by atoms with Crippen LogP contribution in [0.15, 0.2) is 0 Å². The van der Waals surface area contributed by atoms with E-state index in [1.54, 1.807) is 0 Å². The molecular formula is Ag2O4P-. The zero-order valence-corrected chi connectivity index (χ0v) is 6.54. The molecule has 0 unspecified atom stereocenters. The van der Waals surface area contributed by atoms with Crippen molar-refractivity contribution < 1.29 is 64.0 Å². The van der Waals surface area contributed by atoms with Crippen molar-refractivity contribution >= 4 is 7.82 Å². The fourth-order valence-electron chi connectivity index (χ4n) is 0. The van der Waals surface area contributed by atoms with Crippen LogP contribution >= 0.6 is 7.82 Å². The molecule has 7 heteroatoms. The Balaban J connectivity index is -0.0000000800. The summed E-state index contributed by atoms with van der Waals surface area (Å²) in [4.78, 5) is 25.6. The minimum Gasteiger partial charge on any atom is -0.822 e. The van der Waals surface area contributed by atoms with Crippen molar-refractivity contribution in [3.63, 3.8) is 0 Å². The maximum atomic E-state index is 8.55. The summed E-state index contributed by atoms with van der Waals surface area (Å²) in [5, 5.41) is 0. The third-order valence-corrected chi connectivity index (χ3v) is 0. The molecule has 0 saturated heterocycles. The van der Waals surface area contributed by atoms with Crippen LogP contribution in [-0.4, -0.2) is 0 Å². The number of rotatable bonds is 0. The quantitative estimate of drug-likeness (QED) is 0.356. The summed E-state index contributed by atoms with van der Waals surface area (Å²) in [7, 11) is -5.39. The van der Waals surface area contributed by atoms with E-state index in [2.05, 4.69) is 0 Å². The molecule has 0 aromatic rings. The Labute approximate surface area is 71.6 Å². The average Bonchev–Trinajstić information content (AvgIpc) is 0.722. The summed E-state index contributed by atoms with van der Waals surface area (Å²) >= 11 is 0. The summed E-state index contributed by atoms with van der Waals surface area (Å²) in [6, 6.07) is 0. The molecule has 0 bridgehead atoms. The molecule has 0 aliphatic carbocycles. The molecule has 0 aromatic carbocycles. The molecule has 0 rings (SSSR count). The summed E-state index contributed by atoms with van der Waals surface area (Å²) in [5.41, 5.74) is 0. The smallest absolute Gasteiger partial charge is 0.822 e. The van der Waals surface area contributed by atoms with Gasteiger partial charge in [0.05, 0.1) is 0 Å². The minimum absolute atomic E-state index is 0. The largest absolute Gasteiger partial charge is 1.00 e. The third kappa shape index (κ3) is 93.8. The fraction of sp³-hybridized carbons (Fsp3) is 0. The van der Waals surface area contributed by atoms with Crippen molar-refractivity contribution in [2.75, 3.05) is 0 Å². The maximum Gasteiger partial charge on any atom is 1.00 e. The van der Waals surface area contributed by atoms with E-state index in [9.17, 15) is 0 Å². The van der Waals surface area contributed by atoms with E-state index in [1.807, 2.05) is 0 Å².